The monoisotopic (exact) mass is 450 g/mol. The number of amides is 2. The summed E-state index contributed by atoms with van der Waals surface area (Å²) in [6, 6.07) is 14.1. The largest absolute Gasteiger partial charge is 0.480 e. The molecule has 0 radical (unpaired) electrons. The molecule has 2 atom stereocenters. The van der Waals surface area contributed by atoms with Crippen molar-refractivity contribution >= 4 is 18.0 Å². The van der Waals surface area contributed by atoms with E-state index in [0.29, 0.717) is 0 Å². The number of hydrogen-bond donors (Lipinski definition) is 3. The molecule has 1 aliphatic rings. The minimum absolute atomic E-state index is 0.0929. The molecular weight excluding hydrogens is 420 g/mol. The number of benzene rings is 2. The van der Waals surface area contributed by atoms with Crippen LogP contribution in [0.25, 0.3) is 11.1 Å². The first-order valence-corrected chi connectivity index (χ1v) is 11.1. The van der Waals surface area contributed by atoms with Gasteiger partial charge in [-0.05, 0) is 48.9 Å². The van der Waals surface area contributed by atoms with Crippen LogP contribution in [0.15, 0.2) is 60.2 Å². The highest BCUT2D eigenvalue weighted by Crippen LogP contribution is 2.44. The molecule has 0 spiro atoms. The summed E-state index contributed by atoms with van der Waals surface area (Å²) in [7, 11) is 0. The lowest BCUT2D eigenvalue weighted by atomic mass is 9.98. The Morgan fingerprint density at radius 2 is 1.55 bits per heavy atom. The molecule has 2 aromatic rings. The first-order valence-electron chi connectivity index (χ1n) is 11.1. The number of fused-ring (bicyclic) bond motifs is 3. The second kappa shape index (κ2) is 10.8. The lowest BCUT2D eigenvalue weighted by Gasteiger charge is -2.21. The Hall–Kier alpha value is -3.61. The molecule has 1 unspecified atom stereocenters. The average molecular weight is 451 g/mol. The summed E-state index contributed by atoms with van der Waals surface area (Å²) in [5, 5.41) is 14.3. The fraction of sp³-hybridized carbons (Fsp3) is 0.346. The van der Waals surface area contributed by atoms with Crippen molar-refractivity contribution in [1.29, 1.82) is 0 Å². The van der Waals surface area contributed by atoms with Crippen molar-refractivity contribution in [3.05, 3.63) is 71.3 Å². The van der Waals surface area contributed by atoms with E-state index in [-0.39, 0.29) is 25.4 Å². The molecule has 7 heteroatoms. The lowest BCUT2D eigenvalue weighted by molar-refractivity contribution is -0.142. The molecule has 33 heavy (non-hydrogen) atoms. The average Bonchev–Trinajstić information content (AvgIpc) is 3.12. The number of carbonyl (C=O) groups is 3. The van der Waals surface area contributed by atoms with Gasteiger partial charge in [0.2, 0.25) is 5.91 Å². The van der Waals surface area contributed by atoms with Gasteiger partial charge in [0.15, 0.2) is 0 Å². The number of aliphatic carboxylic acids is 1. The van der Waals surface area contributed by atoms with E-state index in [2.05, 4.69) is 22.8 Å². The summed E-state index contributed by atoms with van der Waals surface area (Å²) in [6.45, 7) is 5.56. The van der Waals surface area contributed by atoms with E-state index in [0.717, 1.165) is 27.8 Å². The Morgan fingerprint density at radius 1 is 0.970 bits per heavy atom. The minimum Gasteiger partial charge on any atom is -0.480 e. The van der Waals surface area contributed by atoms with Crippen LogP contribution in [0.2, 0.25) is 0 Å². The molecule has 1 aliphatic carbocycles. The molecule has 0 aliphatic heterocycles. The van der Waals surface area contributed by atoms with Gasteiger partial charge in [-0.3, -0.25) is 4.79 Å². The maximum atomic E-state index is 12.7. The van der Waals surface area contributed by atoms with Crippen LogP contribution >= 0.6 is 0 Å². The first kappa shape index (κ1) is 24.0. The SMILES string of the molecule is CC[C@H](NC(=O)C(CC=C(C)C)NC(=O)OCC1c2ccccc2-c2ccccc21)C(=O)O. The molecule has 0 saturated carbocycles. The number of ether oxygens (including phenoxy) is 1. The fourth-order valence-corrected chi connectivity index (χ4v) is 3.98. The van der Waals surface area contributed by atoms with E-state index in [1.165, 1.54) is 0 Å². The van der Waals surface area contributed by atoms with Crippen molar-refractivity contribution < 1.29 is 24.2 Å². The number of rotatable bonds is 9. The molecule has 0 aromatic heterocycles. The highest BCUT2D eigenvalue weighted by Gasteiger charge is 2.30. The number of carboxylic acids is 1. The van der Waals surface area contributed by atoms with E-state index < -0.39 is 30.1 Å². The molecule has 0 fully saturated rings. The van der Waals surface area contributed by atoms with Gasteiger partial charge in [-0.1, -0.05) is 67.1 Å². The Morgan fingerprint density at radius 3 is 2.06 bits per heavy atom. The highest BCUT2D eigenvalue weighted by molar-refractivity contribution is 5.89. The van der Waals surface area contributed by atoms with E-state index in [1.807, 2.05) is 56.3 Å². The maximum absolute atomic E-state index is 12.7. The number of nitrogens with one attached hydrogen (secondary N) is 2. The number of carbonyl (C=O) groups excluding carboxylic acids is 2. The number of alkyl carbamates (subject to hydrolysis) is 1. The maximum Gasteiger partial charge on any atom is 0.407 e. The van der Waals surface area contributed by atoms with Crippen LogP contribution in [0.1, 0.15) is 50.7 Å². The molecule has 3 rings (SSSR count). The molecule has 3 N–H and O–H groups in total. The Kier molecular flexibility index (Phi) is 7.87. The van der Waals surface area contributed by atoms with Crippen molar-refractivity contribution in [3.63, 3.8) is 0 Å². The van der Waals surface area contributed by atoms with Gasteiger partial charge in [0.05, 0.1) is 0 Å². The molecule has 2 amide bonds. The van der Waals surface area contributed by atoms with Gasteiger partial charge in [-0.2, -0.15) is 0 Å². The zero-order chi connectivity index (χ0) is 24.0. The predicted molar refractivity (Wildman–Crippen MR) is 126 cm³/mol. The van der Waals surface area contributed by atoms with Gasteiger partial charge >= 0.3 is 12.1 Å². The summed E-state index contributed by atoms with van der Waals surface area (Å²) in [6.07, 6.45) is 1.56. The van der Waals surface area contributed by atoms with Gasteiger partial charge < -0.3 is 20.5 Å². The van der Waals surface area contributed by atoms with E-state index in [9.17, 15) is 19.5 Å². The molecule has 0 bridgehead atoms. The summed E-state index contributed by atoms with van der Waals surface area (Å²) >= 11 is 0. The van der Waals surface area contributed by atoms with Crippen LogP contribution in [0.3, 0.4) is 0 Å². The second-order valence-electron chi connectivity index (χ2n) is 8.35. The summed E-state index contributed by atoms with van der Waals surface area (Å²) in [4.78, 5) is 36.6. The fourth-order valence-electron chi connectivity index (χ4n) is 3.98. The zero-order valence-electron chi connectivity index (χ0n) is 19.1. The molecule has 7 nitrogen and oxygen atoms in total. The van der Waals surface area contributed by atoms with Crippen LogP contribution < -0.4 is 10.6 Å². The van der Waals surface area contributed by atoms with Gasteiger partial charge in [0.25, 0.3) is 0 Å². The third-order valence-electron chi connectivity index (χ3n) is 5.74. The van der Waals surface area contributed by atoms with Gasteiger partial charge in [0, 0.05) is 5.92 Å². The van der Waals surface area contributed by atoms with Crippen LogP contribution in [0, 0.1) is 0 Å². The molecule has 2 aromatic carbocycles. The topological polar surface area (TPSA) is 105 Å². The quantitative estimate of drug-likeness (QED) is 0.496. The summed E-state index contributed by atoms with van der Waals surface area (Å²) in [5.74, 6) is -1.77. The summed E-state index contributed by atoms with van der Waals surface area (Å²) < 4.78 is 5.54. The third-order valence-corrected chi connectivity index (χ3v) is 5.74. The number of hydrogen-bond acceptors (Lipinski definition) is 4. The van der Waals surface area contributed by atoms with Crippen molar-refractivity contribution in [1.82, 2.24) is 10.6 Å². The molecule has 0 saturated heterocycles. The molecule has 174 valence electrons. The highest BCUT2D eigenvalue weighted by atomic mass is 16.5. The van der Waals surface area contributed by atoms with Crippen molar-refractivity contribution in [2.75, 3.05) is 6.61 Å². The van der Waals surface area contributed by atoms with Crippen molar-refractivity contribution in [3.8, 4) is 11.1 Å². The lowest BCUT2D eigenvalue weighted by Crippen LogP contribution is -2.51. The Balaban J connectivity index is 1.68. The second-order valence-corrected chi connectivity index (χ2v) is 8.35. The van der Waals surface area contributed by atoms with E-state index in [4.69, 9.17) is 4.74 Å². The number of carboxylic acid groups (broad SMARTS) is 1. The smallest absolute Gasteiger partial charge is 0.407 e. The van der Waals surface area contributed by atoms with Crippen molar-refractivity contribution in [2.45, 2.75) is 51.6 Å². The first-order chi connectivity index (χ1) is 15.8. The van der Waals surface area contributed by atoms with Crippen LogP contribution in [-0.2, 0) is 14.3 Å². The zero-order valence-corrected chi connectivity index (χ0v) is 19.1. The molecular formula is C26H30N2O5. The standard InChI is InChI=1S/C26H30N2O5/c1-4-22(25(30)31)27-24(29)23(14-13-16(2)3)28-26(32)33-15-21-19-11-7-5-9-17(19)18-10-6-8-12-20(18)21/h5-13,21-23H,4,14-15H2,1-3H3,(H,27,29)(H,28,32)(H,30,31)/t22-,23?/m0/s1. The van der Waals surface area contributed by atoms with Crippen molar-refractivity contribution in [2.24, 2.45) is 0 Å². The predicted octanol–water partition coefficient (Wildman–Crippen LogP) is 4.23. The van der Waals surface area contributed by atoms with Crippen LogP contribution in [0.5, 0.6) is 0 Å². The third kappa shape index (κ3) is 5.80. The number of allylic oxidation sites excluding steroid dienone is 1. The van der Waals surface area contributed by atoms with Gasteiger partial charge in [0.1, 0.15) is 18.7 Å². The Bertz CT molecular complexity index is 1010. The van der Waals surface area contributed by atoms with Crippen LogP contribution in [-0.4, -0.2) is 41.8 Å². The van der Waals surface area contributed by atoms with E-state index in [1.54, 1.807) is 6.92 Å². The normalized spacial score (nSPS) is 13.8. The summed E-state index contributed by atoms with van der Waals surface area (Å²) in [5.41, 5.74) is 5.42. The Labute approximate surface area is 193 Å². The van der Waals surface area contributed by atoms with Gasteiger partial charge in [-0.25, -0.2) is 9.59 Å². The minimum atomic E-state index is -1.12. The van der Waals surface area contributed by atoms with Gasteiger partial charge in [-0.15, -0.1) is 0 Å². The van der Waals surface area contributed by atoms with E-state index >= 15 is 0 Å². The molecule has 0 heterocycles. The van der Waals surface area contributed by atoms with Crippen LogP contribution in [0.4, 0.5) is 4.79 Å².